The molecule has 0 fully saturated rings. The number of nitrogens with one attached hydrogen (secondary N) is 2. The van der Waals surface area contributed by atoms with Crippen molar-refractivity contribution in [2.45, 2.75) is 27.7 Å². The van der Waals surface area contributed by atoms with E-state index in [1.807, 2.05) is 27.7 Å². The van der Waals surface area contributed by atoms with Crippen molar-refractivity contribution in [1.82, 2.24) is 10.6 Å². The van der Waals surface area contributed by atoms with Gasteiger partial charge in [-0.1, -0.05) is 27.7 Å². The highest BCUT2D eigenvalue weighted by Gasteiger charge is 2.12. The minimum absolute atomic E-state index is 0.214. The van der Waals surface area contributed by atoms with Crippen molar-refractivity contribution >= 4 is 17.5 Å². The molecule has 0 heterocycles. The van der Waals surface area contributed by atoms with E-state index in [1.165, 1.54) is 0 Å². The number of hydrogen-bond donors (Lipinski definition) is 3. The number of benzene rings is 1. The van der Waals surface area contributed by atoms with Gasteiger partial charge >= 0.3 is 0 Å². The molecular formula is C16H25N3O2. The lowest BCUT2D eigenvalue weighted by molar-refractivity contribution is 0.0948. The van der Waals surface area contributed by atoms with Gasteiger partial charge in [0.2, 0.25) is 0 Å². The molecule has 0 spiro atoms. The molecule has 21 heavy (non-hydrogen) atoms. The maximum Gasteiger partial charge on any atom is 0.251 e. The fourth-order valence-electron chi connectivity index (χ4n) is 1.71. The first-order valence-electron chi connectivity index (χ1n) is 7.26. The Morgan fingerprint density at radius 3 is 1.62 bits per heavy atom. The largest absolute Gasteiger partial charge is 0.399 e. The Balaban J connectivity index is 2.84. The fraction of sp³-hybridized carbons (Fsp3) is 0.500. The molecule has 0 aliphatic heterocycles. The highest BCUT2D eigenvalue weighted by Crippen LogP contribution is 2.12. The maximum absolute atomic E-state index is 12.0. The highest BCUT2D eigenvalue weighted by atomic mass is 16.2. The van der Waals surface area contributed by atoms with Crippen LogP contribution < -0.4 is 16.4 Å². The van der Waals surface area contributed by atoms with E-state index in [4.69, 9.17) is 5.73 Å². The average molecular weight is 291 g/mol. The van der Waals surface area contributed by atoms with E-state index in [0.29, 0.717) is 41.7 Å². The van der Waals surface area contributed by atoms with Crippen LogP contribution in [0.3, 0.4) is 0 Å². The molecule has 0 aromatic heterocycles. The summed E-state index contributed by atoms with van der Waals surface area (Å²) < 4.78 is 0. The monoisotopic (exact) mass is 291 g/mol. The van der Waals surface area contributed by atoms with Gasteiger partial charge in [-0.3, -0.25) is 9.59 Å². The van der Waals surface area contributed by atoms with Crippen molar-refractivity contribution in [3.63, 3.8) is 0 Å². The van der Waals surface area contributed by atoms with E-state index in [1.54, 1.807) is 18.2 Å². The number of anilines is 1. The lowest BCUT2D eigenvalue weighted by Crippen LogP contribution is -2.29. The van der Waals surface area contributed by atoms with Crippen molar-refractivity contribution in [3.05, 3.63) is 29.3 Å². The molecule has 2 amide bonds. The van der Waals surface area contributed by atoms with Crippen LogP contribution in [0.1, 0.15) is 48.4 Å². The van der Waals surface area contributed by atoms with Crippen LogP contribution in [0.25, 0.3) is 0 Å². The third kappa shape index (κ3) is 5.85. The molecule has 5 heteroatoms. The molecule has 0 saturated heterocycles. The number of nitrogens with two attached hydrogens (primary N) is 1. The molecule has 0 radical (unpaired) electrons. The maximum atomic E-state index is 12.0. The highest BCUT2D eigenvalue weighted by molar-refractivity contribution is 6.00. The fourth-order valence-corrected chi connectivity index (χ4v) is 1.71. The molecule has 0 aliphatic carbocycles. The standard InChI is InChI=1S/C16H25N3O2/c1-10(2)8-18-15(20)12-5-13(7-14(17)6-12)16(21)19-9-11(3)4/h5-7,10-11H,8-9,17H2,1-4H3,(H,18,20)(H,19,21). The Labute approximate surface area is 126 Å². The van der Waals surface area contributed by atoms with E-state index in [2.05, 4.69) is 10.6 Å². The molecule has 0 bridgehead atoms. The normalized spacial score (nSPS) is 10.8. The average Bonchev–Trinajstić information content (AvgIpc) is 2.41. The molecule has 0 unspecified atom stereocenters. The first kappa shape index (κ1) is 17.0. The summed E-state index contributed by atoms with van der Waals surface area (Å²) in [5.74, 6) is 0.301. The molecule has 0 aliphatic rings. The second kappa shape index (κ2) is 7.67. The van der Waals surface area contributed by atoms with Crippen LogP contribution in [0.15, 0.2) is 18.2 Å². The topological polar surface area (TPSA) is 84.2 Å². The summed E-state index contributed by atoms with van der Waals surface area (Å²) >= 11 is 0. The van der Waals surface area contributed by atoms with Gasteiger partial charge in [0.05, 0.1) is 0 Å². The zero-order valence-corrected chi connectivity index (χ0v) is 13.2. The van der Waals surface area contributed by atoms with Crippen LogP contribution in [-0.2, 0) is 0 Å². The number of rotatable bonds is 6. The minimum atomic E-state index is -0.214. The quantitative estimate of drug-likeness (QED) is 0.701. The molecule has 116 valence electrons. The number of carbonyl (C=O) groups is 2. The third-order valence-corrected chi connectivity index (χ3v) is 2.82. The molecule has 1 aromatic carbocycles. The first-order chi connectivity index (χ1) is 9.79. The number of carbonyl (C=O) groups excluding carboxylic acids is 2. The van der Waals surface area contributed by atoms with Crippen molar-refractivity contribution < 1.29 is 9.59 Å². The van der Waals surface area contributed by atoms with Crippen molar-refractivity contribution in [1.29, 1.82) is 0 Å². The Bertz CT molecular complexity index is 468. The second-order valence-corrected chi connectivity index (χ2v) is 6.05. The van der Waals surface area contributed by atoms with E-state index in [-0.39, 0.29) is 11.8 Å². The molecule has 5 nitrogen and oxygen atoms in total. The van der Waals surface area contributed by atoms with E-state index < -0.39 is 0 Å². The first-order valence-corrected chi connectivity index (χ1v) is 7.26. The van der Waals surface area contributed by atoms with Gasteiger partial charge in [-0.05, 0) is 30.0 Å². The van der Waals surface area contributed by atoms with Crippen LogP contribution >= 0.6 is 0 Å². The summed E-state index contributed by atoms with van der Waals surface area (Å²) in [5, 5.41) is 5.63. The van der Waals surface area contributed by atoms with Crippen LogP contribution in [0.5, 0.6) is 0 Å². The Hall–Kier alpha value is -2.04. The van der Waals surface area contributed by atoms with Crippen LogP contribution in [0, 0.1) is 11.8 Å². The van der Waals surface area contributed by atoms with E-state index in [0.717, 1.165) is 0 Å². The number of hydrogen-bond acceptors (Lipinski definition) is 3. The lowest BCUT2D eigenvalue weighted by Gasteiger charge is -2.11. The zero-order valence-electron chi connectivity index (χ0n) is 13.2. The summed E-state index contributed by atoms with van der Waals surface area (Å²) in [5.41, 5.74) is 7.01. The van der Waals surface area contributed by atoms with Gasteiger partial charge in [0.1, 0.15) is 0 Å². The smallest absolute Gasteiger partial charge is 0.251 e. The van der Waals surface area contributed by atoms with Gasteiger partial charge in [-0.15, -0.1) is 0 Å². The third-order valence-electron chi connectivity index (χ3n) is 2.82. The van der Waals surface area contributed by atoms with Crippen molar-refractivity contribution in [2.24, 2.45) is 11.8 Å². The van der Waals surface area contributed by atoms with Crippen LogP contribution in [0.2, 0.25) is 0 Å². The van der Waals surface area contributed by atoms with Gasteiger partial charge in [0, 0.05) is 29.9 Å². The predicted molar refractivity (Wildman–Crippen MR) is 85.2 cm³/mol. The van der Waals surface area contributed by atoms with Gasteiger partial charge in [-0.2, -0.15) is 0 Å². The molecule has 0 atom stereocenters. The molecule has 4 N–H and O–H groups in total. The molecule has 0 saturated carbocycles. The van der Waals surface area contributed by atoms with Crippen molar-refractivity contribution in [2.75, 3.05) is 18.8 Å². The van der Waals surface area contributed by atoms with E-state index >= 15 is 0 Å². The zero-order chi connectivity index (χ0) is 16.0. The predicted octanol–water partition coefficient (Wildman–Crippen LogP) is 2.04. The summed E-state index contributed by atoms with van der Waals surface area (Å²) in [6.45, 7) is 9.24. The lowest BCUT2D eigenvalue weighted by atomic mass is 10.1. The Kier molecular flexibility index (Phi) is 6.21. The number of nitrogen functional groups attached to an aromatic ring is 1. The minimum Gasteiger partial charge on any atom is -0.399 e. The Morgan fingerprint density at radius 1 is 0.905 bits per heavy atom. The molecular weight excluding hydrogens is 266 g/mol. The van der Waals surface area contributed by atoms with Gasteiger partial charge in [0.25, 0.3) is 11.8 Å². The summed E-state index contributed by atoms with van der Waals surface area (Å²) in [6.07, 6.45) is 0. The second-order valence-electron chi connectivity index (χ2n) is 6.05. The SMILES string of the molecule is CC(C)CNC(=O)c1cc(N)cc(C(=O)NCC(C)C)c1. The molecule has 1 aromatic rings. The van der Waals surface area contributed by atoms with Crippen LogP contribution in [-0.4, -0.2) is 24.9 Å². The van der Waals surface area contributed by atoms with Crippen molar-refractivity contribution in [3.8, 4) is 0 Å². The van der Waals surface area contributed by atoms with Crippen LogP contribution in [0.4, 0.5) is 5.69 Å². The summed E-state index contributed by atoms with van der Waals surface area (Å²) in [4.78, 5) is 24.1. The molecule has 1 rings (SSSR count). The van der Waals surface area contributed by atoms with E-state index in [9.17, 15) is 9.59 Å². The Morgan fingerprint density at radius 2 is 1.29 bits per heavy atom. The number of amides is 2. The summed E-state index contributed by atoms with van der Waals surface area (Å²) in [7, 11) is 0. The summed E-state index contributed by atoms with van der Waals surface area (Å²) in [6, 6.07) is 4.73. The van der Waals surface area contributed by atoms with Gasteiger partial charge in [0.15, 0.2) is 0 Å². The van der Waals surface area contributed by atoms with Gasteiger partial charge in [-0.25, -0.2) is 0 Å². The van der Waals surface area contributed by atoms with Gasteiger partial charge < -0.3 is 16.4 Å².